The van der Waals surface area contributed by atoms with Crippen LogP contribution in [0.3, 0.4) is 0 Å². The number of rotatable bonds is 15. The molecule has 0 amide bonds. The summed E-state index contributed by atoms with van der Waals surface area (Å²) in [6.07, 6.45) is 4.68. The predicted molar refractivity (Wildman–Crippen MR) is 146 cm³/mol. The van der Waals surface area contributed by atoms with Gasteiger partial charge in [0.1, 0.15) is 22.1 Å². The fraction of sp³-hybridized carbons (Fsp3) is 0.552. The van der Waals surface area contributed by atoms with Crippen molar-refractivity contribution >= 4 is 28.9 Å². The van der Waals surface area contributed by atoms with E-state index in [1.165, 1.54) is 18.3 Å². The third-order valence-electron chi connectivity index (χ3n) is 6.26. The molecule has 0 saturated heterocycles. The topological polar surface area (TPSA) is 97.4 Å². The number of ether oxygens (including phenoxy) is 5. The molecular weight excluding hydrogens is 508 g/mol. The number of carbonyl (C=O) groups excluding carboxylic acids is 3. The van der Waals surface area contributed by atoms with E-state index in [0.717, 1.165) is 48.3 Å². The van der Waals surface area contributed by atoms with Gasteiger partial charge in [-0.3, -0.25) is 9.59 Å². The molecule has 0 radical (unpaired) electrons. The van der Waals surface area contributed by atoms with Gasteiger partial charge in [0, 0.05) is 18.6 Å². The Morgan fingerprint density at radius 3 is 2.39 bits per heavy atom. The van der Waals surface area contributed by atoms with Crippen LogP contribution in [0.25, 0.3) is 0 Å². The number of benzene rings is 1. The monoisotopic (exact) mass is 546 g/mol. The van der Waals surface area contributed by atoms with Crippen LogP contribution in [0.4, 0.5) is 0 Å². The quantitative estimate of drug-likeness (QED) is 0.152. The molecule has 0 aliphatic carbocycles. The Morgan fingerprint density at radius 2 is 1.76 bits per heavy atom. The Morgan fingerprint density at radius 1 is 1.03 bits per heavy atom. The van der Waals surface area contributed by atoms with E-state index in [0.29, 0.717) is 60.4 Å². The van der Waals surface area contributed by atoms with Crippen LogP contribution in [0, 0.1) is 0 Å². The Bertz CT molecular complexity index is 1140. The van der Waals surface area contributed by atoms with Crippen molar-refractivity contribution in [2.75, 3.05) is 26.9 Å². The van der Waals surface area contributed by atoms with Crippen LogP contribution < -0.4 is 18.9 Å². The Balaban J connectivity index is 1.52. The lowest BCUT2D eigenvalue weighted by atomic mass is 9.98. The summed E-state index contributed by atoms with van der Waals surface area (Å²) in [5.41, 5.74) is 2.37. The summed E-state index contributed by atoms with van der Waals surface area (Å²) in [7, 11) is 1.59. The minimum atomic E-state index is -0.647. The van der Waals surface area contributed by atoms with Crippen LogP contribution >= 0.6 is 11.3 Å². The third-order valence-corrected chi connectivity index (χ3v) is 7.49. The molecule has 38 heavy (non-hydrogen) atoms. The number of aryl methyl sites for hydroxylation is 1. The smallest absolute Gasteiger partial charge is 0.347 e. The maximum atomic E-state index is 12.2. The van der Waals surface area contributed by atoms with Crippen molar-refractivity contribution < 1.29 is 38.1 Å². The average Bonchev–Trinajstić information content (AvgIpc) is 3.25. The second-order valence-corrected chi connectivity index (χ2v) is 10.2. The van der Waals surface area contributed by atoms with E-state index < -0.39 is 6.10 Å². The van der Waals surface area contributed by atoms with E-state index in [4.69, 9.17) is 23.7 Å². The van der Waals surface area contributed by atoms with Gasteiger partial charge in [-0.2, -0.15) is 0 Å². The zero-order valence-electron chi connectivity index (χ0n) is 23.0. The first-order valence-electron chi connectivity index (χ1n) is 13.3. The number of Topliss-reactive ketones (excluding diaryl/α,β-unsaturated/α-hetero) is 2. The summed E-state index contributed by atoms with van der Waals surface area (Å²) in [6, 6.07) is 3.52. The number of hydrogen-bond donors (Lipinski definition) is 0. The molecule has 2 aromatic rings. The second-order valence-electron chi connectivity index (χ2n) is 9.20. The van der Waals surface area contributed by atoms with Crippen LogP contribution in [0.2, 0.25) is 0 Å². The number of methoxy groups -OCH3 is 1. The second kappa shape index (κ2) is 14.2. The highest BCUT2D eigenvalue weighted by atomic mass is 32.1. The van der Waals surface area contributed by atoms with Gasteiger partial charge in [0.25, 0.3) is 0 Å². The zero-order chi connectivity index (χ0) is 27.7. The highest BCUT2D eigenvalue weighted by Gasteiger charge is 2.29. The molecule has 2 heterocycles. The summed E-state index contributed by atoms with van der Waals surface area (Å²) in [6.45, 7) is 8.16. The summed E-state index contributed by atoms with van der Waals surface area (Å²) in [5, 5.41) is 0.756. The molecular formula is C29H38O8S. The molecule has 1 atom stereocenters. The molecule has 1 unspecified atom stereocenters. The average molecular weight is 547 g/mol. The van der Waals surface area contributed by atoms with E-state index in [2.05, 4.69) is 6.92 Å². The zero-order valence-corrected chi connectivity index (χ0v) is 23.8. The minimum absolute atomic E-state index is 0.0230. The number of esters is 1. The van der Waals surface area contributed by atoms with Crippen LogP contribution in [0.5, 0.6) is 22.3 Å². The molecule has 1 aliphatic rings. The molecule has 1 aromatic carbocycles. The number of thiophene rings is 1. The lowest BCUT2D eigenvalue weighted by Gasteiger charge is -2.26. The summed E-state index contributed by atoms with van der Waals surface area (Å²) in [5.74, 6) is 1.18. The first-order valence-corrected chi connectivity index (χ1v) is 14.1. The van der Waals surface area contributed by atoms with Crippen molar-refractivity contribution in [3.63, 3.8) is 0 Å². The molecule has 9 heteroatoms. The van der Waals surface area contributed by atoms with Crippen molar-refractivity contribution in [1.29, 1.82) is 0 Å². The lowest BCUT2D eigenvalue weighted by molar-refractivity contribution is -0.152. The fourth-order valence-corrected chi connectivity index (χ4v) is 5.48. The number of unbranched alkanes of at least 4 members (excludes halogenated alkanes) is 2. The van der Waals surface area contributed by atoms with E-state index in [1.54, 1.807) is 33.1 Å². The van der Waals surface area contributed by atoms with Gasteiger partial charge in [-0.1, -0.05) is 24.7 Å². The van der Waals surface area contributed by atoms with Gasteiger partial charge in [-0.25, -0.2) is 4.79 Å². The number of fused-ring (bicyclic) bond motifs is 1. The highest BCUT2D eigenvalue weighted by molar-refractivity contribution is 7.16. The SMILES string of the molecule is CCCc1c(OCCCCCOc2cc3c(cc2C(C)=O)CCC(C(=O)OCC)O3)sc(C(C)=O)c1OC. The molecule has 8 nitrogen and oxygen atoms in total. The molecule has 0 fully saturated rings. The minimum Gasteiger partial charge on any atom is -0.495 e. The van der Waals surface area contributed by atoms with Crippen LogP contribution in [0.15, 0.2) is 12.1 Å². The van der Waals surface area contributed by atoms with Gasteiger partial charge < -0.3 is 23.7 Å². The van der Waals surface area contributed by atoms with Crippen LogP contribution in [0.1, 0.15) is 91.0 Å². The van der Waals surface area contributed by atoms with E-state index in [1.807, 2.05) is 0 Å². The van der Waals surface area contributed by atoms with Gasteiger partial charge >= 0.3 is 5.97 Å². The molecule has 0 spiro atoms. The Labute approximate surface area is 228 Å². The fourth-order valence-electron chi connectivity index (χ4n) is 4.39. The standard InChI is InChI=1S/C29H38O8S/c1-6-11-21-26(33-5)27(19(4)31)38-29(21)36-15-10-8-9-14-35-25-17-24-20(16-22(25)18(3)30)12-13-23(37-24)28(32)34-7-2/h16-17,23H,6-15H2,1-5H3. The van der Waals surface area contributed by atoms with Crippen LogP contribution in [-0.4, -0.2) is 50.6 Å². The van der Waals surface area contributed by atoms with Crippen molar-refractivity contribution in [3.8, 4) is 22.3 Å². The van der Waals surface area contributed by atoms with E-state index in [-0.39, 0.29) is 17.5 Å². The highest BCUT2D eigenvalue weighted by Crippen LogP contribution is 2.42. The number of carbonyl (C=O) groups is 3. The molecule has 208 valence electrons. The van der Waals surface area contributed by atoms with Gasteiger partial charge in [0.2, 0.25) is 0 Å². The summed E-state index contributed by atoms with van der Waals surface area (Å²) >= 11 is 1.35. The predicted octanol–water partition coefficient (Wildman–Crippen LogP) is 6.00. The normalized spacial score (nSPS) is 14.3. The van der Waals surface area contributed by atoms with Gasteiger partial charge in [0.05, 0.1) is 32.5 Å². The van der Waals surface area contributed by atoms with Crippen LogP contribution in [-0.2, 0) is 22.4 Å². The number of hydrogen-bond acceptors (Lipinski definition) is 9. The van der Waals surface area contributed by atoms with Gasteiger partial charge in [0.15, 0.2) is 22.7 Å². The third kappa shape index (κ3) is 7.28. The molecule has 1 aromatic heterocycles. The number of ketones is 2. The van der Waals surface area contributed by atoms with Crippen molar-refractivity contribution in [2.45, 2.75) is 78.7 Å². The Kier molecular flexibility index (Phi) is 11.0. The maximum Gasteiger partial charge on any atom is 0.347 e. The lowest BCUT2D eigenvalue weighted by Crippen LogP contribution is -2.33. The maximum absolute atomic E-state index is 12.2. The first-order chi connectivity index (χ1) is 18.3. The molecule has 0 N–H and O–H groups in total. The van der Waals surface area contributed by atoms with E-state index >= 15 is 0 Å². The molecule has 0 saturated carbocycles. The van der Waals surface area contributed by atoms with Gasteiger partial charge in [-0.15, -0.1) is 0 Å². The largest absolute Gasteiger partial charge is 0.495 e. The van der Waals surface area contributed by atoms with E-state index in [9.17, 15) is 14.4 Å². The molecule has 3 rings (SSSR count). The Hall–Kier alpha value is -3.07. The van der Waals surface area contributed by atoms with Crippen molar-refractivity contribution in [2.24, 2.45) is 0 Å². The summed E-state index contributed by atoms with van der Waals surface area (Å²) in [4.78, 5) is 36.9. The van der Waals surface area contributed by atoms with Crippen molar-refractivity contribution in [3.05, 3.63) is 33.7 Å². The summed E-state index contributed by atoms with van der Waals surface area (Å²) < 4.78 is 28.5. The first kappa shape index (κ1) is 29.5. The van der Waals surface area contributed by atoms with Crippen molar-refractivity contribution in [1.82, 2.24) is 0 Å². The molecule has 0 bridgehead atoms. The molecule has 1 aliphatic heterocycles. The van der Waals surface area contributed by atoms with Gasteiger partial charge in [-0.05, 0) is 64.0 Å².